The second kappa shape index (κ2) is 6.33. The van der Waals surface area contributed by atoms with Gasteiger partial charge in [-0.1, -0.05) is 0 Å². The molecule has 7 nitrogen and oxygen atoms in total. The number of anilines is 1. The van der Waals surface area contributed by atoms with Gasteiger partial charge in [0, 0.05) is 19.3 Å². The van der Waals surface area contributed by atoms with Gasteiger partial charge in [-0.15, -0.1) is 0 Å². The molecule has 1 saturated heterocycles. The zero-order valence-electron chi connectivity index (χ0n) is 11.3. The van der Waals surface area contributed by atoms with E-state index in [1.807, 2.05) is 0 Å². The summed E-state index contributed by atoms with van der Waals surface area (Å²) in [5, 5.41) is 2.62. The van der Waals surface area contributed by atoms with Gasteiger partial charge in [0.2, 0.25) is 5.91 Å². The van der Waals surface area contributed by atoms with Crippen LogP contribution in [0.5, 0.6) is 0 Å². The molecule has 1 aromatic heterocycles. The number of nitrogens with one attached hydrogen (secondary N) is 1. The molecule has 2 heterocycles. The number of rotatable bonds is 3. The van der Waals surface area contributed by atoms with E-state index in [0.29, 0.717) is 26.3 Å². The van der Waals surface area contributed by atoms with E-state index in [1.165, 1.54) is 6.20 Å². The van der Waals surface area contributed by atoms with Gasteiger partial charge in [-0.25, -0.2) is 4.98 Å². The maximum atomic E-state index is 12.2. The van der Waals surface area contributed by atoms with Crippen molar-refractivity contribution in [3.63, 3.8) is 0 Å². The third-order valence-electron chi connectivity index (χ3n) is 3.09. The Morgan fingerprint density at radius 3 is 2.80 bits per heavy atom. The van der Waals surface area contributed by atoms with Gasteiger partial charge in [0.15, 0.2) is 5.69 Å². The molecule has 1 atom stereocenters. The summed E-state index contributed by atoms with van der Waals surface area (Å²) in [6, 6.07) is 2.62. The van der Waals surface area contributed by atoms with Gasteiger partial charge in [-0.05, 0) is 19.1 Å². The molecule has 108 valence electrons. The number of hydrogen-bond acceptors (Lipinski definition) is 5. The average Bonchev–Trinajstić information content (AvgIpc) is 2.47. The van der Waals surface area contributed by atoms with Crippen molar-refractivity contribution in [3.8, 4) is 0 Å². The summed E-state index contributed by atoms with van der Waals surface area (Å²) in [7, 11) is 0. The monoisotopic (exact) mass is 278 g/mol. The zero-order chi connectivity index (χ0) is 14.5. The van der Waals surface area contributed by atoms with E-state index in [-0.39, 0.29) is 17.3 Å². The number of ether oxygens (including phenoxy) is 1. The van der Waals surface area contributed by atoms with Crippen molar-refractivity contribution in [1.82, 2.24) is 15.2 Å². The summed E-state index contributed by atoms with van der Waals surface area (Å²) in [5.74, 6) is -0.576. The van der Waals surface area contributed by atoms with Crippen LogP contribution in [0.2, 0.25) is 0 Å². The number of hydrogen-bond donors (Lipinski definition) is 2. The Balaban J connectivity index is 1.97. The molecule has 0 bridgehead atoms. The van der Waals surface area contributed by atoms with E-state index >= 15 is 0 Å². The van der Waals surface area contributed by atoms with E-state index in [4.69, 9.17) is 10.5 Å². The van der Waals surface area contributed by atoms with Gasteiger partial charge in [0.05, 0.1) is 18.9 Å². The van der Waals surface area contributed by atoms with Crippen molar-refractivity contribution in [2.24, 2.45) is 0 Å². The second-order valence-corrected chi connectivity index (χ2v) is 4.57. The molecule has 2 amide bonds. The maximum Gasteiger partial charge on any atom is 0.272 e. The van der Waals surface area contributed by atoms with Crippen LogP contribution >= 0.6 is 0 Å². The summed E-state index contributed by atoms with van der Waals surface area (Å²) in [4.78, 5) is 29.8. The number of carbonyl (C=O) groups is 2. The fourth-order valence-corrected chi connectivity index (χ4v) is 1.99. The van der Waals surface area contributed by atoms with E-state index in [9.17, 15) is 9.59 Å². The van der Waals surface area contributed by atoms with Crippen molar-refractivity contribution >= 4 is 17.5 Å². The highest BCUT2D eigenvalue weighted by Crippen LogP contribution is 2.07. The molecule has 0 spiro atoms. The number of carbonyl (C=O) groups excluding carboxylic acids is 2. The Morgan fingerprint density at radius 1 is 1.45 bits per heavy atom. The first-order valence-electron chi connectivity index (χ1n) is 6.47. The summed E-state index contributed by atoms with van der Waals surface area (Å²) >= 11 is 0. The van der Waals surface area contributed by atoms with Crippen molar-refractivity contribution in [1.29, 1.82) is 0 Å². The molecule has 1 unspecified atom stereocenters. The highest BCUT2D eigenvalue weighted by atomic mass is 16.5. The Labute approximate surface area is 117 Å². The van der Waals surface area contributed by atoms with Crippen LogP contribution in [0.1, 0.15) is 17.4 Å². The molecule has 0 saturated carbocycles. The molecule has 1 aromatic rings. The minimum atomic E-state index is -0.623. The van der Waals surface area contributed by atoms with Crippen molar-refractivity contribution in [2.75, 3.05) is 32.0 Å². The molecule has 3 N–H and O–H groups in total. The molecule has 0 aromatic carbocycles. The first kappa shape index (κ1) is 14.3. The maximum absolute atomic E-state index is 12.2. The lowest BCUT2D eigenvalue weighted by atomic mass is 10.2. The van der Waals surface area contributed by atoms with Gasteiger partial charge in [0.1, 0.15) is 6.04 Å². The van der Waals surface area contributed by atoms with E-state index in [2.05, 4.69) is 10.3 Å². The lowest BCUT2D eigenvalue weighted by molar-refractivity contribution is -0.136. The van der Waals surface area contributed by atoms with Gasteiger partial charge < -0.3 is 20.7 Å². The minimum absolute atomic E-state index is 0.129. The first-order chi connectivity index (χ1) is 9.59. The zero-order valence-corrected chi connectivity index (χ0v) is 11.3. The summed E-state index contributed by atoms with van der Waals surface area (Å²) in [5.41, 5.74) is 6.10. The third kappa shape index (κ3) is 3.24. The smallest absolute Gasteiger partial charge is 0.272 e. The van der Waals surface area contributed by atoms with Crippen LogP contribution < -0.4 is 11.1 Å². The van der Waals surface area contributed by atoms with Crippen LogP contribution in [-0.2, 0) is 9.53 Å². The number of morpholine rings is 1. The number of amides is 2. The summed E-state index contributed by atoms with van der Waals surface area (Å²) < 4.78 is 5.19. The first-order valence-corrected chi connectivity index (χ1v) is 6.47. The van der Waals surface area contributed by atoms with Gasteiger partial charge in [-0.2, -0.15) is 0 Å². The van der Waals surface area contributed by atoms with Crippen molar-refractivity contribution in [2.45, 2.75) is 13.0 Å². The van der Waals surface area contributed by atoms with Crippen molar-refractivity contribution < 1.29 is 14.3 Å². The van der Waals surface area contributed by atoms with Gasteiger partial charge >= 0.3 is 0 Å². The number of aromatic nitrogens is 1. The molecule has 1 fully saturated rings. The van der Waals surface area contributed by atoms with E-state index in [1.54, 1.807) is 24.0 Å². The normalized spacial score (nSPS) is 16.6. The third-order valence-corrected chi connectivity index (χ3v) is 3.09. The highest BCUT2D eigenvalue weighted by molar-refractivity contribution is 5.99. The van der Waals surface area contributed by atoms with Crippen LogP contribution in [0.25, 0.3) is 0 Å². The van der Waals surface area contributed by atoms with Crippen molar-refractivity contribution in [3.05, 3.63) is 24.0 Å². The Hall–Kier alpha value is -2.15. The Morgan fingerprint density at radius 2 is 2.15 bits per heavy atom. The number of nitrogen functional groups attached to an aromatic ring is 1. The summed E-state index contributed by atoms with van der Waals surface area (Å²) in [6.07, 6.45) is 1.49. The molecular formula is C13H18N4O3. The van der Waals surface area contributed by atoms with Crippen LogP contribution in [0.3, 0.4) is 0 Å². The molecule has 7 heteroatoms. The summed E-state index contributed by atoms with van der Waals surface area (Å²) in [6.45, 7) is 3.80. The van der Waals surface area contributed by atoms with Crippen LogP contribution in [-0.4, -0.2) is 54.0 Å². The lowest BCUT2D eigenvalue weighted by Crippen LogP contribution is -2.50. The molecule has 0 aliphatic carbocycles. The van der Waals surface area contributed by atoms with Gasteiger partial charge in [0.25, 0.3) is 5.91 Å². The molecule has 2 rings (SSSR count). The van der Waals surface area contributed by atoms with E-state index in [0.717, 1.165) is 0 Å². The van der Waals surface area contributed by atoms with Crippen LogP contribution in [0, 0.1) is 0 Å². The Bertz CT molecular complexity index is 500. The van der Waals surface area contributed by atoms with Crippen LogP contribution in [0.4, 0.5) is 5.69 Å². The minimum Gasteiger partial charge on any atom is -0.397 e. The molecule has 20 heavy (non-hydrogen) atoms. The molecule has 0 radical (unpaired) electrons. The molecule has 1 aliphatic heterocycles. The molecule has 1 aliphatic rings. The number of nitrogens with zero attached hydrogens (tertiary/aromatic N) is 2. The Kier molecular flexibility index (Phi) is 4.52. The standard InChI is InChI=1S/C13H18N4O3/c1-9(13(19)17-5-7-20-8-6-17)16-12(18)11-10(14)3-2-4-15-11/h2-4,9H,5-8,14H2,1H3,(H,16,18). The topological polar surface area (TPSA) is 97.6 Å². The number of nitrogens with two attached hydrogens (primary N) is 1. The van der Waals surface area contributed by atoms with Crippen LogP contribution in [0.15, 0.2) is 18.3 Å². The van der Waals surface area contributed by atoms with E-state index < -0.39 is 11.9 Å². The quantitative estimate of drug-likeness (QED) is 0.787. The lowest BCUT2D eigenvalue weighted by Gasteiger charge is -2.29. The average molecular weight is 278 g/mol. The second-order valence-electron chi connectivity index (χ2n) is 4.57. The predicted molar refractivity (Wildman–Crippen MR) is 73.0 cm³/mol. The predicted octanol–water partition coefficient (Wildman–Crippen LogP) is -0.359. The highest BCUT2D eigenvalue weighted by Gasteiger charge is 2.24. The fourth-order valence-electron chi connectivity index (χ4n) is 1.99. The fraction of sp³-hybridized carbons (Fsp3) is 0.462. The SMILES string of the molecule is CC(NC(=O)c1ncccc1N)C(=O)N1CCOCC1. The largest absolute Gasteiger partial charge is 0.397 e. The van der Waals surface area contributed by atoms with Gasteiger partial charge in [-0.3, -0.25) is 9.59 Å². The number of pyridine rings is 1. The molecular weight excluding hydrogens is 260 g/mol.